The lowest BCUT2D eigenvalue weighted by atomic mass is 10.0. The van der Waals surface area contributed by atoms with Crippen LogP contribution in [0.4, 0.5) is 18.9 Å². The number of alkyl halides is 3. The molecule has 9 heteroatoms. The number of nitrogens with zero attached hydrogens (tertiary/aromatic N) is 1. The molecule has 2 fully saturated rings. The van der Waals surface area contributed by atoms with Crippen molar-refractivity contribution in [2.24, 2.45) is 0 Å². The molecular formula is C17H20ClF3N2O3. The Balaban J connectivity index is 1.70. The summed E-state index contributed by atoms with van der Waals surface area (Å²) >= 11 is 5.89. The first-order chi connectivity index (χ1) is 12.4. The van der Waals surface area contributed by atoms with E-state index >= 15 is 0 Å². The van der Waals surface area contributed by atoms with Gasteiger partial charge in [0.25, 0.3) is 0 Å². The number of piperidine rings is 1. The van der Waals surface area contributed by atoms with Crippen LogP contribution in [0, 0.1) is 0 Å². The molecule has 1 unspecified atom stereocenters. The summed E-state index contributed by atoms with van der Waals surface area (Å²) in [5.74, 6) is -0.548. The Labute approximate surface area is 154 Å². The standard InChI is InChI=1S/C17H20ClF3N2O3/c18-12-5-3-4-11(17(19,20)21)15(12)22-14(24)10-23-7-2-1-6-13(23)16-25-8-9-26-16/h3-5,13,16H,1-2,6-10H2,(H,22,24). The molecule has 0 aliphatic carbocycles. The van der Waals surface area contributed by atoms with Crippen LogP contribution >= 0.6 is 11.6 Å². The van der Waals surface area contributed by atoms with Crippen molar-refractivity contribution in [3.8, 4) is 0 Å². The van der Waals surface area contributed by atoms with Gasteiger partial charge in [-0.05, 0) is 31.5 Å². The number of anilines is 1. The first kappa shape index (κ1) is 19.4. The summed E-state index contributed by atoms with van der Waals surface area (Å²) in [6.07, 6.45) is -2.27. The zero-order chi connectivity index (χ0) is 18.7. The Morgan fingerprint density at radius 1 is 1.27 bits per heavy atom. The van der Waals surface area contributed by atoms with Gasteiger partial charge in [0.1, 0.15) is 0 Å². The van der Waals surface area contributed by atoms with E-state index in [4.69, 9.17) is 21.1 Å². The summed E-state index contributed by atoms with van der Waals surface area (Å²) in [6.45, 7) is 1.64. The smallest absolute Gasteiger partial charge is 0.349 e. The number of amides is 1. The molecule has 0 aromatic heterocycles. The molecule has 2 aliphatic rings. The number of para-hydroxylation sites is 1. The predicted octanol–water partition coefficient (Wildman–Crippen LogP) is 3.52. The second kappa shape index (κ2) is 8.12. The maximum atomic E-state index is 13.2. The minimum Gasteiger partial charge on any atom is -0.349 e. The SMILES string of the molecule is O=C(CN1CCCCC1C1OCCO1)Nc1c(Cl)cccc1C(F)(F)F. The Bertz CT molecular complexity index is 651. The van der Waals surface area contributed by atoms with E-state index in [1.54, 1.807) is 0 Å². The number of carbonyl (C=O) groups is 1. The molecule has 26 heavy (non-hydrogen) atoms. The summed E-state index contributed by atoms with van der Waals surface area (Å²) in [7, 11) is 0. The molecule has 2 aliphatic heterocycles. The highest BCUT2D eigenvalue weighted by Crippen LogP contribution is 2.38. The summed E-state index contributed by atoms with van der Waals surface area (Å²) in [5, 5.41) is 2.18. The lowest BCUT2D eigenvalue weighted by Gasteiger charge is -2.37. The van der Waals surface area contributed by atoms with E-state index in [-0.39, 0.29) is 17.6 Å². The number of carbonyl (C=O) groups excluding carboxylic acids is 1. The van der Waals surface area contributed by atoms with Crippen LogP contribution < -0.4 is 5.32 Å². The van der Waals surface area contributed by atoms with Crippen molar-refractivity contribution in [3.05, 3.63) is 28.8 Å². The molecule has 0 bridgehead atoms. The van der Waals surface area contributed by atoms with Gasteiger partial charge >= 0.3 is 6.18 Å². The summed E-state index contributed by atoms with van der Waals surface area (Å²) in [4.78, 5) is 14.3. The van der Waals surface area contributed by atoms with Crippen LogP contribution in [0.2, 0.25) is 5.02 Å². The molecule has 0 saturated carbocycles. The first-order valence-electron chi connectivity index (χ1n) is 8.49. The lowest BCUT2D eigenvalue weighted by Crippen LogP contribution is -2.50. The molecule has 2 saturated heterocycles. The average molecular weight is 393 g/mol. The van der Waals surface area contributed by atoms with Gasteiger partial charge in [0.15, 0.2) is 6.29 Å². The molecule has 1 atom stereocenters. The zero-order valence-electron chi connectivity index (χ0n) is 14.0. The molecular weight excluding hydrogens is 373 g/mol. The fourth-order valence-corrected chi connectivity index (χ4v) is 3.59. The van der Waals surface area contributed by atoms with Crippen molar-refractivity contribution in [3.63, 3.8) is 0 Å². The second-order valence-electron chi connectivity index (χ2n) is 6.35. The molecule has 1 N–H and O–H groups in total. The van der Waals surface area contributed by atoms with Crippen LogP contribution in [0.1, 0.15) is 24.8 Å². The van der Waals surface area contributed by atoms with E-state index in [1.165, 1.54) is 12.1 Å². The summed E-state index contributed by atoms with van der Waals surface area (Å²) in [5.41, 5.74) is -1.37. The quantitative estimate of drug-likeness (QED) is 0.851. The molecule has 2 heterocycles. The molecule has 1 amide bonds. The Morgan fingerprint density at radius 3 is 2.69 bits per heavy atom. The highest BCUT2D eigenvalue weighted by Gasteiger charge is 2.36. The van der Waals surface area contributed by atoms with E-state index in [2.05, 4.69) is 5.32 Å². The normalized spacial score (nSPS) is 22.5. The molecule has 0 spiro atoms. The number of hydrogen-bond acceptors (Lipinski definition) is 4. The van der Waals surface area contributed by atoms with Gasteiger partial charge in [0.2, 0.25) is 5.91 Å². The Kier molecular flexibility index (Phi) is 6.06. The van der Waals surface area contributed by atoms with Gasteiger partial charge in [-0.1, -0.05) is 24.1 Å². The third kappa shape index (κ3) is 4.49. The van der Waals surface area contributed by atoms with Crippen molar-refractivity contribution in [1.82, 2.24) is 4.90 Å². The van der Waals surface area contributed by atoms with Crippen LogP contribution in [0.15, 0.2) is 18.2 Å². The Hall–Kier alpha value is -1.35. The van der Waals surface area contributed by atoms with Gasteiger partial charge in [-0.3, -0.25) is 9.69 Å². The first-order valence-corrected chi connectivity index (χ1v) is 8.87. The number of hydrogen-bond donors (Lipinski definition) is 1. The maximum absolute atomic E-state index is 13.2. The molecule has 3 rings (SSSR count). The van der Waals surface area contributed by atoms with Crippen molar-refractivity contribution >= 4 is 23.2 Å². The number of rotatable bonds is 4. The van der Waals surface area contributed by atoms with Crippen molar-refractivity contribution < 1.29 is 27.4 Å². The third-order valence-electron chi connectivity index (χ3n) is 4.56. The van der Waals surface area contributed by atoms with Gasteiger partial charge in [-0.25, -0.2) is 0 Å². The van der Waals surface area contributed by atoms with Gasteiger partial charge in [0, 0.05) is 0 Å². The monoisotopic (exact) mass is 392 g/mol. The van der Waals surface area contributed by atoms with Crippen molar-refractivity contribution in [1.29, 1.82) is 0 Å². The predicted molar refractivity (Wildman–Crippen MR) is 90.0 cm³/mol. The van der Waals surface area contributed by atoms with Gasteiger partial charge in [-0.2, -0.15) is 13.2 Å². The van der Waals surface area contributed by atoms with Gasteiger partial charge in [0.05, 0.1) is 42.1 Å². The highest BCUT2D eigenvalue weighted by molar-refractivity contribution is 6.34. The van der Waals surface area contributed by atoms with E-state index in [0.717, 1.165) is 25.3 Å². The summed E-state index contributed by atoms with van der Waals surface area (Å²) < 4.78 is 50.5. The number of likely N-dealkylation sites (tertiary alicyclic amines) is 1. The van der Waals surface area contributed by atoms with Crippen LogP contribution in [0.25, 0.3) is 0 Å². The van der Waals surface area contributed by atoms with Crippen molar-refractivity contribution in [2.75, 3.05) is 31.6 Å². The zero-order valence-corrected chi connectivity index (χ0v) is 14.8. The lowest BCUT2D eigenvalue weighted by molar-refractivity contribution is -0.137. The van der Waals surface area contributed by atoms with Gasteiger partial charge in [-0.15, -0.1) is 0 Å². The topological polar surface area (TPSA) is 50.8 Å². The Morgan fingerprint density at radius 2 is 2.00 bits per heavy atom. The molecule has 144 valence electrons. The van der Waals surface area contributed by atoms with Crippen LogP contribution in [-0.4, -0.2) is 49.4 Å². The van der Waals surface area contributed by atoms with Crippen LogP contribution in [0.3, 0.4) is 0 Å². The third-order valence-corrected chi connectivity index (χ3v) is 4.87. The largest absolute Gasteiger partial charge is 0.418 e. The fraction of sp³-hybridized carbons (Fsp3) is 0.588. The molecule has 1 aromatic rings. The minimum atomic E-state index is -4.60. The van der Waals surface area contributed by atoms with Gasteiger partial charge < -0.3 is 14.8 Å². The van der Waals surface area contributed by atoms with E-state index in [0.29, 0.717) is 19.8 Å². The van der Waals surface area contributed by atoms with Crippen LogP contribution in [-0.2, 0) is 20.4 Å². The number of benzene rings is 1. The fourth-order valence-electron chi connectivity index (χ4n) is 3.37. The number of halogens is 4. The van der Waals surface area contributed by atoms with Crippen LogP contribution in [0.5, 0.6) is 0 Å². The molecule has 5 nitrogen and oxygen atoms in total. The van der Waals surface area contributed by atoms with E-state index in [1.807, 2.05) is 4.90 Å². The number of ether oxygens (including phenoxy) is 2. The molecule has 1 aromatic carbocycles. The maximum Gasteiger partial charge on any atom is 0.418 e. The molecule has 0 radical (unpaired) electrons. The van der Waals surface area contributed by atoms with Crippen molar-refractivity contribution in [2.45, 2.75) is 37.8 Å². The average Bonchev–Trinajstić information content (AvgIpc) is 3.10. The highest BCUT2D eigenvalue weighted by atomic mass is 35.5. The number of nitrogens with one attached hydrogen (secondary N) is 1. The van der Waals surface area contributed by atoms with E-state index in [9.17, 15) is 18.0 Å². The second-order valence-corrected chi connectivity index (χ2v) is 6.76. The summed E-state index contributed by atoms with van der Waals surface area (Å²) in [6, 6.07) is 3.34. The van der Waals surface area contributed by atoms with E-state index < -0.39 is 29.6 Å². The minimum absolute atomic E-state index is 0.0452.